The molecule has 0 radical (unpaired) electrons. The molecule has 0 unspecified atom stereocenters. The number of aromatic nitrogens is 2. The van der Waals surface area contributed by atoms with Gasteiger partial charge in [-0.05, 0) is 40.2 Å². The maximum atomic E-state index is 4.58. The Bertz CT molecular complexity index is 712. The van der Waals surface area contributed by atoms with Crippen molar-refractivity contribution in [1.29, 1.82) is 0 Å². The highest BCUT2D eigenvalue weighted by atomic mass is 79.9. The maximum Gasteiger partial charge on any atom is 0.0890 e. The zero-order valence-electron chi connectivity index (χ0n) is 10.2. The second kappa shape index (κ2) is 5.36. The molecule has 0 aliphatic carbocycles. The van der Waals surface area contributed by atoms with Gasteiger partial charge in [0, 0.05) is 10.2 Å². The average molecular weight is 314 g/mol. The number of nitrogens with zero attached hydrogens (tertiary/aromatic N) is 2. The maximum absolute atomic E-state index is 4.58. The average Bonchev–Trinajstić information content (AvgIpc) is 2.46. The van der Waals surface area contributed by atoms with Crippen LogP contribution in [0.15, 0.2) is 59.2 Å². The van der Waals surface area contributed by atoms with Gasteiger partial charge in [0.2, 0.25) is 0 Å². The Morgan fingerprint density at radius 3 is 2.53 bits per heavy atom. The summed E-state index contributed by atoms with van der Waals surface area (Å²) in [6.45, 7) is 0.653. The molecular weight excluding hydrogens is 302 g/mol. The number of anilines is 1. The number of nitrogens with one attached hydrogen (secondary N) is 1. The largest absolute Gasteiger partial charge is 0.378 e. The van der Waals surface area contributed by atoms with Gasteiger partial charge in [-0.2, -0.15) is 0 Å². The van der Waals surface area contributed by atoms with Crippen LogP contribution < -0.4 is 5.32 Å². The predicted octanol–water partition coefficient (Wildman–Crippen LogP) is 4.00. The van der Waals surface area contributed by atoms with Crippen molar-refractivity contribution < 1.29 is 0 Å². The van der Waals surface area contributed by atoms with E-state index in [0.717, 1.165) is 26.9 Å². The van der Waals surface area contributed by atoms with Gasteiger partial charge < -0.3 is 5.32 Å². The lowest BCUT2D eigenvalue weighted by Gasteiger charge is -2.08. The SMILES string of the molecule is Brc1ccccc1NCc1cnc2ccccc2n1. The van der Waals surface area contributed by atoms with E-state index in [0.29, 0.717) is 6.54 Å². The minimum atomic E-state index is 0.653. The molecule has 19 heavy (non-hydrogen) atoms. The van der Waals surface area contributed by atoms with Crippen molar-refractivity contribution in [2.24, 2.45) is 0 Å². The zero-order valence-corrected chi connectivity index (χ0v) is 11.8. The second-order valence-corrected chi connectivity index (χ2v) is 5.04. The lowest BCUT2D eigenvalue weighted by molar-refractivity contribution is 1.04. The first-order chi connectivity index (χ1) is 9.33. The number of rotatable bonds is 3. The summed E-state index contributed by atoms with van der Waals surface area (Å²) in [5.74, 6) is 0. The predicted molar refractivity (Wildman–Crippen MR) is 81.0 cm³/mol. The summed E-state index contributed by atoms with van der Waals surface area (Å²) in [5.41, 5.74) is 3.83. The van der Waals surface area contributed by atoms with Crippen LogP contribution in [0.2, 0.25) is 0 Å². The Morgan fingerprint density at radius 1 is 0.947 bits per heavy atom. The molecule has 3 rings (SSSR count). The third kappa shape index (κ3) is 2.74. The molecule has 94 valence electrons. The Hall–Kier alpha value is -1.94. The summed E-state index contributed by atoms with van der Waals surface area (Å²) >= 11 is 3.51. The normalized spacial score (nSPS) is 10.6. The van der Waals surface area contributed by atoms with E-state index in [2.05, 4.69) is 31.2 Å². The number of para-hydroxylation sites is 3. The molecule has 0 spiro atoms. The fraction of sp³-hybridized carbons (Fsp3) is 0.0667. The summed E-state index contributed by atoms with van der Waals surface area (Å²) < 4.78 is 1.05. The molecule has 0 amide bonds. The molecule has 0 aliphatic heterocycles. The van der Waals surface area contributed by atoms with Gasteiger partial charge in [0.25, 0.3) is 0 Å². The molecule has 0 fully saturated rings. The quantitative estimate of drug-likeness (QED) is 0.794. The molecule has 4 heteroatoms. The monoisotopic (exact) mass is 313 g/mol. The Morgan fingerprint density at radius 2 is 1.68 bits per heavy atom. The Kier molecular flexibility index (Phi) is 3.42. The summed E-state index contributed by atoms with van der Waals surface area (Å²) in [6, 6.07) is 15.9. The van der Waals surface area contributed by atoms with Gasteiger partial charge in [-0.1, -0.05) is 24.3 Å². The van der Waals surface area contributed by atoms with E-state index in [4.69, 9.17) is 0 Å². The number of halogens is 1. The minimum Gasteiger partial charge on any atom is -0.378 e. The Labute approximate surface area is 119 Å². The van der Waals surface area contributed by atoms with Crippen LogP contribution in [-0.2, 0) is 6.54 Å². The molecular formula is C15H12BrN3. The number of fused-ring (bicyclic) bond motifs is 1. The van der Waals surface area contributed by atoms with Crippen molar-refractivity contribution >= 4 is 32.7 Å². The summed E-state index contributed by atoms with van der Waals surface area (Å²) in [7, 11) is 0. The highest BCUT2D eigenvalue weighted by molar-refractivity contribution is 9.10. The fourth-order valence-corrected chi connectivity index (χ4v) is 2.30. The van der Waals surface area contributed by atoms with E-state index < -0.39 is 0 Å². The van der Waals surface area contributed by atoms with Crippen molar-refractivity contribution in [3.05, 3.63) is 64.9 Å². The molecule has 1 heterocycles. The Balaban J connectivity index is 1.80. The molecule has 1 N–H and O–H groups in total. The van der Waals surface area contributed by atoms with Crippen LogP contribution in [0.5, 0.6) is 0 Å². The van der Waals surface area contributed by atoms with Gasteiger partial charge in [-0.15, -0.1) is 0 Å². The third-order valence-corrected chi connectivity index (χ3v) is 3.52. The molecule has 0 atom stereocenters. The molecule has 0 aliphatic rings. The zero-order chi connectivity index (χ0) is 13.1. The van der Waals surface area contributed by atoms with Crippen LogP contribution in [0.1, 0.15) is 5.69 Å². The van der Waals surface area contributed by atoms with E-state index in [9.17, 15) is 0 Å². The van der Waals surface area contributed by atoms with Crippen LogP contribution in [-0.4, -0.2) is 9.97 Å². The van der Waals surface area contributed by atoms with E-state index in [-0.39, 0.29) is 0 Å². The molecule has 0 bridgehead atoms. The van der Waals surface area contributed by atoms with Crippen LogP contribution >= 0.6 is 15.9 Å². The first-order valence-electron chi connectivity index (χ1n) is 6.02. The van der Waals surface area contributed by atoms with Crippen molar-refractivity contribution in [3.63, 3.8) is 0 Å². The molecule has 3 nitrogen and oxygen atoms in total. The van der Waals surface area contributed by atoms with Crippen molar-refractivity contribution in [3.8, 4) is 0 Å². The highest BCUT2D eigenvalue weighted by Gasteiger charge is 2.01. The van der Waals surface area contributed by atoms with Gasteiger partial charge in [-0.25, -0.2) is 4.98 Å². The number of hydrogen-bond donors (Lipinski definition) is 1. The summed E-state index contributed by atoms with van der Waals surface area (Å²) in [6.07, 6.45) is 1.81. The van der Waals surface area contributed by atoms with Gasteiger partial charge in [0.15, 0.2) is 0 Å². The summed E-state index contributed by atoms with van der Waals surface area (Å²) in [5, 5.41) is 3.34. The molecule has 1 aromatic heterocycles. The molecule has 0 saturated carbocycles. The highest BCUT2D eigenvalue weighted by Crippen LogP contribution is 2.21. The van der Waals surface area contributed by atoms with Crippen molar-refractivity contribution in [1.82, 2.24) is 9.97 Å². The third-order valence-electron chi connectivity index (χ3n) is 2.83. The second-order valence-electron chi connectivity index (χ2n) is 4.18. The van der Waals surface area contributed by atoms with E-state index in [1.165, 1.54) is 0 Å². The van der Waals surface area contributed by atoms with Crippen molar-refractivity contribution in [2.45, 2.75) is 6.54 Å². The lowest BCUT2D eigenvalue weighted by Crippen LogP contribution is -2.03. The first-order valence-corrected chi connectivity index (χ1v) is 6.81. The van der Waals surface area contributed by atoms with Crippen LogP contribution in [0.3, 0.4) is 0 Å². The van der Waals surface area contributed by atoms with Crippen LogP contribution in [0, 0.1) is 0 Å². The van der Waals surface area contributed by atoms with Crippen LogP contribution in [0.25, 0.3) is 11.0 Å². The van der Waals surface area contributed by atoms with Gasteiger partial charge >= 0.3 is 0 Å². The van der Waals surface area contributed by atoms with E-state index >= 15 is 0 Å². The molecule has 2 aromatic carbocycles. The minimum absolute atomic E-state index is 0.653. The number of hydrogen-bond acceptors (Lipinski definition) is 3. The lowest BCUT2D eigenvalue weighted by atomic mass is 10.3. The van der Waals surface area contributed by atoms with Gasteiger partial charge in [0.05, 0.1) is 29.5 Å². The standard InChI is InChI=1S/C15H12BrN3/c16-12-5-1-2-6-13(12)17-9-11-10-18-14-7-3-4-8-15(14)19-11/h1-8,10,17H,9H2. The van der Waals surface area contributed by atoms with E-state index in [1.54, 1.807) is 0 Å². The molecule has 3 aromatic rings. The molecule has 0 saturated heterocycles. The van der Waals surface area contributed by atoms with E-state index in [1.807, 2.05) is 54.7 Å². The smallest absolute Gasteiger partial charge is 0.0890 e. The fourth-order valence-electron chi connectivity index (χ4n) is 1.87. The van der Waals surface area contributed by atoms with Crippen molar-refractivity contribution in [2.75, 3.05) is 5.32 Å². The van der Waals surface area contributed by atoms with Crippen LogP contribution in [0.4, 0.5) is 5.69 Å². The number of benzene rings is 2. The first kappa shape index (κ1) is 12.1. The van der Waals surface area contributed by atoms with Gasteiger partial charge in [0.1, 0.15) is 0 Å². The summed E-state index contributed by atoms with van der Waals surface area (Å²) in [4.78, 5) is 8.98. The topological polar surface area (TPSA) is 37.8 Å². The van der Waals surface area contributed by atoms with Gasteiger partial charge in [-0.3, -0.25) is 4.98 Å².